The van der Waals surface area contributed by atoms with Gasteiger partial charge in [-0.15, -0.1) is 0 Å². The van der Waals surface area contributed by atoms with Crippen LogP contribution in [0.2, 0.25) is 0 Å². The summed E-state index contributed by atoms with van der Waals surface area (Å²) in [6, 6.07) is 28.4. The predicted octanol–water partition coefficient (Wildman–Crippen LogP) is 4.98. The van der Waals surface area contributed by atoms with Crippen molar-refractivity contribution in [2.45, 2.75) is 19.5 Å². The Morgan fingerprint density at radius 2 is 1.58 bits per heavy atom. The number of rotatable bonds is 5. The van der Waals surface area contributed by atoms with Crippen LogP contribution in [0.15, 0.2) is 91.1 Å². The number of hydrogen-bond donors (Lipinski definition) is 0. The van der Waals surface area contributed by atoms with E-state index >= 15 is 0 Å². The lowest BCUT2D eigenvalue weighted by Gasteiger charge is -2.31. The van der Waals surface area contributed by atoms with Crippen LogP contribution in [-0.4, -0.2) is 34.4 Å². The van der Waals surface area contributed by atoms with Gasteiger partial charge >= 0.3 is 0 Å². The second-order valence-corrected chi connectivity index (χ2v) is 8.38. The van der Waals surface area contributed by atoms with Gasteiger partial charge in [0.05, 0.1) is 0 Å². The van der Waals surface area contributed by atoms with Crippen LogP contribution in [0.1, 0.15) is 27.0 Å². The third-order valence-corrected chi connectivity index (χ3v) is 6.07. The first-order valence-electron chi connectivity index (χ1n) is 11.2. The molecule has 0 radical (unpaired) electrons. The van der Waals surface area contributed by atoms with Gasteiger partial charge in [-0.1, -0.05) is 84.9 Å². The average molecular weight is 435 g/mol. The molecule has 0 fully saturated rings. The highest BCUT2D eigenvalue weighted by Gasteiger charge is 2.25. The van der Waals surface area contributed by atoms with Gasteiger partial charge in [-0.05, 0) is 23.1 Å². The quantitative estimate of drug-likeness (QED) is 0.445. The van der Waals surface area contributed by atoms with Crippen molar-refractivity contribution >= 4 is 11.7 Å². The number of carbonyl (C=O) groups excluding carboxylic acids is 1. The molecule has 33 heavy (non-hydrogen) atoms. The van der Waals surface area contributed by atoms with Crippen molar-refractivity contribution in [3.8, 4) is 11.4 Å². The first-order chi connectivity index (χ1) is 16.2. The van der Waals surface area contributed by atoms with Crippen LogP contribution in [0.5, 0.6) is 0 Å². The Morgan fingerprint density at radius 1 is 0.909 bits per heavy atom. The fraction of sp³-hybridized carbons (Fsp3) is 0.179. The van der Waals surface area contributed by atoms with E-state index in [-0.39, 0.29) is 5.91 Å². The zero-order valence-corrected chi connectivity index (χ0v) is 18.7. The molecule has 1 aliphatic rings. The molecule has 3 aromatic carbocycles. The Morgan fingerprint density at radius 3 is 2.33 bits per heavy atom. The first kappa shape index (κ1) is 20.9. The van der Waals surface area contributed by atoms with E-state index in [4.69, 9.17) is 4.98 Å². The average Bonchev–Trinajstić information content (AvgIpc) is 2.88. The maximum atomic E-state index is 13.5. The molecule has 1 aliphatic heterocycles. The highest BCUT2D eigenvalue weighted by molar-refractivity contribution is 5.98. The summed E-state index contributed by atoms with van der Waals surface area (Å²) in [5.41, 5.74) is 5.20. The summed E-state index contributed by atoms with van der Waals surface area (Å²) < 4.78 is 0. The van der Waals surface area contributed by atoms with Crippen molar-refractivity contribution in [3.05, 3.63) is 113 Å². The van der Waals surface area contributed by atoms with Gasteiger partial charge in [-0.3, -0.25) is 4.79 Å². The van der Waals surface area contributed by atoms with Gasteiger partial charge in [0.15, 0.2) is 5.82 Å². The smallest absolute Gasteiger partial charge is 0.259 e. The molecule has 1 amide bonds. The van der Waals surface area contributed by atoms with Crippen molar-refractivity contribution in [2.75, 3.05) is 18.5 Å². The van der Waals surface area contributed by atoms with Gasteiger partial charge in [-0.25, -0.2) is 9.97 Å². The van der Waals surface area contributed by atoms with Gasteiger partial charge < -0.3 is 9.80 Å². The molecule has 0 spiro atoms. The summed E-state index contributed by atoms with van der Waals surface area (Å²) in [7, 11) is 1.83. The van der Waals surface area contributed by atoms with E-state index in [1.165, 1.54) is 11.1 Å². The molecule has 0 saturated heterocycles. The van der Waals surface area contributed by atoms with Crippen LogP contribution < -0.4 is 4.90 Å². The van der Waals surface area contributed by atoms with Gasteiger partial charge in [0.25, 0.3) is 5.91 Å². The summed E-state index contributed by atoms with van der Waals surface area (Å²) in [5, 5.41) is 0. The molecule has 2 heterocycles. The molecule has 0 unspecified atom stereocenters. The van der Waals surface area contributed by atoms with Crippen LogP contribution in [0.3, 0.4) is 0 Å². The number of benzene rings is 3. The number of anilines is 1. The summed E-state index contributed by atoms with van der Waals surface area (Å²) in [4.78, 5) is 27.0. The van der Waals surface area contributed by atoms with Crippen molar-refractivity contribution in [3.63, 3.8) is 0 Å². The van der Waals surface area contributed by atoms with E-state index < -0.39 is 0 Å². The Labute approximate surface area is 194 Å². The predicted molar refractivity (Wildman–Crippen MR) is 131 cm³/mol. The summed E-state index contributed by atoms with van der Waals surface area (Å²) >= 11 is 0. The van der Waals surface area contributed by atoms with Crippen LogP contribution in [0.4, 0.5) is 5.82 Å². The van der Waals surface area contributed by atoms with E-state index in [1.807, 2.05) is 67.7 Å². The van der Waals surface area contributed by atoms with E-state index in [9.17, 15) is 4.79 Å². The minimum Gasteiger partial charge on any atom is -0.351 e. The number of aromatic nitrogens is 2. The molecule has 5 rings (SSSR count). The number of fused-ring (bicyclic) bond motifs is 1. The van der Waals surface area contributed by atoms with E-state index in [2.05, 4.69) is 34.1 Å². The topological polar surface area (TPSA) is 49.3 Å². The lowest BCUT2D eigenvalue weighted by molar-refractivity contribution is 0.0785. The number of nitrogens with zero attached hydrogens (tertiary/aromatic N) is 4. The Hall–Kier alpha value is -3.99. The van der Waals surface area contributed by atoms with Crippen LogP contribution >= 0.6 is 0 Å². The lowest BCUT2D eigenvalue weighted by Crippen LogP contribution is -2.34. The zero-order valence-electron chi connectivity index (χ0n) is 18.7. The van der Waals surface area contributed by atoms with E-state index in [1.54, 1.807) is 11.1 Å². The van der Waals surface area contributed by atoms with Gasteiger partial charge in [-0.2, -0.15) is 0 Å². The minimum atomic E-state index is -0.0766. The highest BCUT2D eigenvalue weighted by Crippen LogP contribution is 2.28. The van der Waals surface area contributed by atoms with E-state index in [0.29, 0.717) is 23.8 Å². The third kappa shape index (κ3) is 4.48. The Kier molecular flexibility index (Phi) is 5.85. The fourth-order valence-corrected chi connectivity index (χ4v) is 4.30. The highest BCUT2D eigenvalue weighted by atomic mass is 16.2. The Balaban J connectivity index is 1.51. The first-order valence-corrected chi connectivity index (χ1v) is 11.2. The second kappa shape index (κ2) is 9.25. The monoisotopic (exact) mass is 434 g/mol. The third-order valence-electron chi connectivity index (χ3n) is 6.07. The standard InChI is InChI=1S/C28H26N4O/c1-31(19-21-10-4-2-5-11-21)28(33)25-18-29-26(23-13-6-3-7-14-23)30-27(25)32-17-16-22-12-8-9-15-24(22)20-32/h2-15,18H,16-17,19-20H2,1H3. The summed E-state index contributed by atoms with van der Waals surface area (Å²) in [6.07, 6.45) is 2.61. The molecule has 0 N–H and O–H groups in total. The van der Waals surface area contributed by atoms with E-state index in [0.717, 1.165) is 30.6 Å². The maximum absolute atomic E-state index is 13.5. The largest absolute Gasteiger partial charge is 0.351 e. The molecular weight excluding hydrogens is 408 g/mol. The molecule has 5 nitrogen and oxygen atoms in total. The molecule has 0 saturated carbocycles. The van der Waals surface area contributed by atoms with Crippen molar-refractivity contribution in [1.29, 1.82) is 0 Å². The van der Waals surface area contributed by atoms with Crippen molar-refractivity contribution in [1.82, 2.24) is 14.9 Å². The molecule has 164 valence electrons. The van der Waals surface area contributed by atoms with Gasteiger partial charge in [0.2, 0.25) is 0 Å². The molecule has 0 aliphatic carbocycles. The second-order valence-electron chi connectivity index (χ2n) is 8.38. The SMILES string of the molecule is CN(Cc1ccccc1)C(=O)c1cnc(-c2ccccc2)nc1N1CCc2ccccc2C1. The fourth-order valence-electron chi connectivity index (χ4n) is 4.30. The zero-order chi connectivity index (χ0) is 22.6. The summed E-state index contributed by atoms with van der Waals surface area (Å²) in [5.74, 6) is 1.25. The molecule has 5 heteroatoms. The van der Waals surface area contributed by atoms with Crippen molar-refractivity contribution in [2.24, 2.45) is 0 Å². The number of carbonyl (C=O) groups is 1. The van der Waals surface area contributed by atoms with Crippen LogP contribution in [0, 0.1) is 0 Å². The minimum absolute atomic E-state index is 0.0766. The molecule has 0 bridgehead atoms. The van der Waals surface area contributed by atoms with Crippen LogP contribution in [-0.2, 0) is 19.5 Å². The molecule has 0 atom stereocenters. The molecular formula is C28H26N4O. The maximum Gasteiger partial charge on any atom is 0.259 e. The number of amides is 1. The Bertz CT molecular complexity index is 1260. The lowest BCUT2D eigenvalue weighted by atomic mass is 9.99. The van der Waals surface area contributed by atoms with Gasteiger partial charge in [0.1, 0.15) is 11.4 Å². The normalized spacial score (nSPS) is 12.8. The molecule has 4 aromatic rings. The van der Waals surface area contributed by atoms with Gasteiger partial charge in [0, 0.05) is 38.4 Å². The molecule has 1 aromatic heterocycles. The van der Waals surface area contributed by atoms with Crippen molar-refractivity contribution < 1.29 is 4.79 Å². The van der Waals surface area contributed by atoms with Crippen LogP contribution in [0.25, 0.3) is 11.4 Å². The summed E-state index contributed by atoms with van der Waals surface area (Å²) in [6.45, 7) is 2.07. The number of hydrogen-bond acceptors (Lipinski definition) is 4.